The van der Waals surface area contributed by atoms with Crippen molar-refractivity contribution in [2.75, 3.05) is 27.9 Å². The average Bonchev–Trinajstić information content (AvgIpc) is 3.41. The fraction of sp³-hybridized carbons (Fsp3) is 0.667. The number of methoxy groups -OCH3 is 3. The van der Waals surface area contributed by atoms with Crippen LogP contribution in [0.2, 0.25) is 0 Å². The van der Waals surface area contributed by atoms with Crippen LogP contribution in [-0.4, -0.2) is 149 Å². The third-order valence-corrected chi connectivity index (χ3v) is 15.9. The van der Waals surface area contributed by atoms with Crippen molar-refractivity contribution in [1.82, 2.24) is 4.90 Å². The van der Waals surface area contributed by atoms with Gasteiger partial charge in [0, 0.05) is 76.6 Å². The molecule has 3 fully saturated rings. The van der Waals surface area contributed by atoms with Crippen LogP contribution < -0.4 is 10.5 Å². The Kier molecular flexibility index (Phi) is 23.7. The highest BCUT2D eigenvalue weighted by Crippen LogP contribution is 2.38. The molecule has 1 aliphatic carbocycles. The first-order valence-electron chi connectivity index (χ1n) is 27.0. The zero-order valence-corrected chi connectivity index (χ0v) is 46.2. The number of carbonyl (C=O) groups excluding carboxylic acids is 5. The van der Waals surface area contributed by atoms with Crippen LogP contribution in [0, 0.1) is 39.7 Å². The number of nitrogens with zero attached hydrogens (tertiary/aromatic N) is 2. The minimum absolute atomic E-state index is 0.0136. The number of benzene rings is 1. The van der Waals surface area contributed by atoms with Crippen LogP contribution in [0.1, 0.15) is 119 Å². The predicted octanol–water partition coefficient (Wildman–Crippen LogP) is 6.80. The summed E-state index contributed by atoms with van der Waals surface area (Å²) in [6.07, 6.45) is 6.74. The number of piperidine rings is 1. The number of non-ortho nitro benzene ring substituents is 1. The van der Waals surface area contributed by atoms with Crippen molar-refractivity contribution < 1.29 is 77.4 Å². The number of aliphatic hydroxyl groups is 3. The van der Waals surface area contributed by atoms with Crippen LogP contribution in [0.25, 0.3) is 0 Å². The molecule has 0 aromatic heterocycles. The van der Waals surface area contributed by atoms with Crippen LogP contribution >= 0.6 is 0 Å². The van der Waals surface area contributed by atoms with E-state index in [1.807, 2.05) is 44.2 Å². The summed E-state index contributed by atoms with van der Waals surface area (Å²) >= 11 is 0. The van der Waals surface area contributed by atoms with Crippen molar-refractivity contribution >= 4 is 35.3 Å². The lowest BCUT2D eigenvalue weighted by Gasteiger charge is -2.42. The highest BCUT2D eigenvalue weighted by molar-refractivity contribution is 6.39. The molecule has 4 aliphatic rings. The first kappa shape index (κ1) is 62.7. The van der Waals surface area contributed by atoms with Gasteiger partial charge in [-0.2, -0.15) is 0 Å². The lowest BCUT2D eigenvalue weighted by molar-refractivity contribution is -0.384. The van der Waals surface area contributed by atoms with Gasteiger partial charge in [0.05, 0.1) is 29.3 Å². The van der Waals surface area contributed by atoms with Gasteiger partial charge in [0.25, 0.3) is 17.4 Å². The standard InChI is InChI=1S/C57H83N3O17/c1-33-15-11-10-12-16-34(2)47(71-7)31-42-22-18-38(6)57(68,77-42)53(64)54(65)59-26-14-13-17-44(59)55(66)75-48(32-45(61)35(3)28-37(5)51(63)52(73-9)50(62)36(4)27-33)43(58)29-39-19-25-46(49(30-39)72-8)76-56(67)74-41-23-20-40(21-24-41)60(69)70/h10-12,15-16,20-21,23-24,28,33,35-36,38-39,42-49,51-52,61,63,68H,13-14,17-19,22,25-27,29-32,58H2,1-9H3/b12-10+,15-11+,34-16+,37-28+/t33-,35-,36-,38-,39+,42+,43-,44+,45-,46-,47+,48+,49-,51-,52+,57-/m1/s1. The second-order valence-electron chi connectivity index (χ2n) is 21.7. The average molecular weight is 1080 g/mol. The number of cyclic esters (lactones) is 1. The molecule has 428 valence electrons. The molecular formula is C57H83N3O17. The number of amides is 1. The van der Waals surface area contributed by atoms with Crippen molar-refractivity contribution in [2.24, 2.45) is 35.3 Å². The molecule has 77 heavy (non-hydrogen) atoms. The second-order valence-corrected chi connectivity index (χ2v) is 21.7. The van der Waals surface area contributed by atoms with Crippen LogP contribution in [0.5, 0.6) is 5.75 Å². The van der Waals surface area contributed by atoms with Crippen molar-refractivity contribution in [3.05, 3.63) is 82.0 Å². The second kappa shape index (κ2) is 29.1. The van der Waals surface area contributed by atoms with Crippen molar-refractivity contribution in [2.45, 2.75) is 185 Å². The molecule has 5 N–H and O–H groups in total. The third kappa shape index (κ3) is 16.9. The van der Waals surface area contributed by atoms with Gasteiger partial charge in [0.15, 0.2) is 5.78 Å². The number of hydrogen-bond acceptors (Lipinski definition) is 18. The lowest BCUT2D eigenvalue weighted by Crippen LogP contribution is -2.61. The number of rotatable bonds is 9. The maximum atomic E-state index is 14.6. The molecular weight excluding hydrogens is 999 g/mol. The van der Waals surface area contributed by atoms with E-state index in [0.29, 0.717) is 56.9 Å². The first-order chi connectivity index (χ1) is 36.5. The maximum absolute atomic E-state index is 14.6. The lowest BCUT2D eigenvalue weighted by atomic mass is 9.80. The molecule has 0 spiro atoms. The van der Waals surface area contributed by atoms with Crippen molar-refractivity contribution in [3.63, 3.8) is 0 Å². The number of nitro groups is 1. The van der Waals surface area contributed by atoms with Gasteiger partial charge < -0.3 is 59.1 Å². The fourth-order valence-corrected chi connectivity index (χ4v) is 11.0. The van der Waals surface area contributed by atoms with E-state index in [9.17, 15) is 49.4 Å². The molecule has 20 heteroatoms. The van der Waals surface area contributed by atoms with E-state index in [0.717, 1.165) is 10.5 Å². The van der Waals surface area contributed by atoms with Crippen molar-refractivity contribution in [3.8, 4) is 5.75 Å². The van der Waals surface area contributed by atoms with Gasteiger partial charge in [-0.25, -0.2) is 9.59 Å². The summed E-state index contributed by atoms with van der Waals surface area (Å²) in [6, 6.07) is 2.81. The Morgan fingerprint density at radius 3 is 2.25 bits per heavy atom. The highest BCUT2D eigenvalue weighted by Gasteiger charge is 2.53. The fourth-order valence-electron chi connectivity index (χ4n) is 11.0. The number of ketones is 2. The number of fused-ring (bicyclic) bond motifs is 3. The molecule has 3 heterocycles. The summed E-state index contributed by atoms with van der Waals surface area (Å²) in [7, 11) is 4.39. The maximum Gasteiger partial charge on any atom is 0.514 e. The summed E-state index contributed by atoms with van der Waals surface area (Å²) < 4.78 is 40.5. The molecule has 0 unspecified atom stereocenters. The molecule has 20 nitrogen and oxygen atoms in total. The van der Waals surface area contributed by atoms with Gasteiger partial charge >= 0.3 is 12.1 Å². The molecule has 2 bridgehead atoms. The summed E-state index contributed by atoms with van der Waals surface area (Å²) in [4.78, 5) is 81.5. The molecule has 1 aromatic rings. The molecule has 2 saturated heterocycles. The Labute approximate surface area is 452 Å². The van der Waals surface area contributed by atoms with E-state index < -0.39 is 113 Å². The summed E-state index contributed by atoms with van der Waals surface area (Å²) in [5.41, 5.74) is 8.03. The number of hydrogen-bond donors (Lipinski definition) is 4. The SMILES string of the molecule is CO[C@H]1C[C@@H]2CC[C@@H](C)[C@@](O)(O2)C(=O)C(=O)N2CCCC[C@H]2C(=O)O[C@H]([C@H](N)C[C@@H]2CC[C@@H](OC(=O)Oc3ccc([N+](=O)[O-])cc3)[C@H](OC)C2)C[C@@H](O)[C@H](C)/C=C(\C)[C@@H](O)[C@@H](OC)C(=O)[C@H](C)C[C@H](C)/C=C/C=C/C=C/1C. The molecule has 16 atom stereocenters. The smallest absolute Gasteiger partial charge is 0.459 e. The number of carbonyl (C=O) groups is 5. The number of Topliss-reactive ketones (excluding diaryl/α,β-unsaturated/α-hetero) is 2. The zero-order valence-electron chi connectivity index (χ0n) is 46.2. The van der Waals surface area contributed by atoms with Crippen molar-refractivity contribution in [1.29, 1.82) is 0 Å². The van der Waals surface area contributed by atoms with E-state index in [1.165, 1.54) is 38.5 Å². The van der Waals surface area contributed by atoms with Crippen LogP contribution in [0.15, 0.2) is 71.9 Å². The van der Waals surface area contributed by atoms with Gasteiger partial charge in [-0.1, -0.05) is 64.2 Å². The number of nitrogens with two attached hydrogens (primary N) is 1. The Morgan fingerprint density at radius 1 is 0.870 bits per heavy atom. The van der Waals surface area contributed by atoms with E-state index in [2.05, 4.69) is 0 Å². The minimum Gasteiger partial charge on any atom is -0.459 e. The predicted molar refractivity (Wildman–Crippen MR) is 283 cm³/mol. The van der Waals surface area contributed by atoms with Gasteiger partial charge in [0.2, 0.25) is 5.79 Å². The topological polar surface area (TPSA) is 283 Å². The van der Waals surface area contributed by atoms with E-state index >= 15 is 0 Å². The first-order valence-corrected chi connectivity index (χ1v) is 27.0. The zero-order chi connectivity index (χ0) is 56.7. The van der Waals surface area contributed by atoms with Crippen LogP contribution in [0.3, 0.4) is 0 Å². The Bertz CT molecular complexity index is 2300. The van der Waals surface area contributed by atoms with Gasteiger partial charge in [-0.15, -0.1) is 0 Å². The normalized spacial score (nSPS) is 36.7. The molecule has 5 rings (SSSR count). The van der Waals surface area contributed by atoms with Gasteiger partial charge in [-0.3, -0.25) is 24.5 Å². The Hall–Kier alpha value is -5.19. The summed E-state index contributed by atoms with van der Waals surface area (Å²) in [6.45, 7) is 10.7. The minimum atomic E-state index is -2.49. The molecule has 1 aromatic carbocycles. The van der Waals surface area contributed by atoms with E-state index in [1.54, 1.807) is 40.9 Å². The highest BCUT2D eigenvalue weighted by atomic mass is 16.7. The number of aliphatic hydroxyl groups excluding tert-OH is 2. The Balaban J connectivity index is 1.42. The van der Waals surface area contributed by atoms with E-state index in [4.69, 9.17) is 38.9 Å². The van der Waals surface area contributed by atoms with E-state index in [-0.39, 0.29) is 61.3 Å². The number of esters is 1. The largest absolute Gasteiger partial charge is 0.514 e. The van der Waals surface area contributed by atoms with Gasteiger partial charge in [-0.05, 0) is 113 Å². The third-order valence-electron chi connectivity index (χ3n) is 15.9. The molecule has 1 saturated carbocycles. The molecule has 3 aliphatic heterocycles. The van der Waals surface area contributed by atoms with Gasteiger partial charge in [0.1, 0.15) is 36.2 Å². The number of ether oxygens (including phenoxy) is 7. The monoisotopic (exact) mass is 1080 g/mol. The summed E-state index contributed by atoms with van der Waals surface area (Å²) in [5.74, 6) is -7.94. The Morgan fingerprint density at radius 2 is 1.58 bits per heavy atom. The summed E-state index contributed by atoms with van der Waals surface area (Å²) in [5, 5.41) is 46.5. The van der Waals surface area contributed by atoms with Crippen LogP contribution in [0.4, 0.5) is 10.5 Å². The quantitative estimate of drug-likeness (QED) is 0.0494. The number of allylic oxidation sites excluding steroid dienone is 5. The molecule has 0 radical (unpaired) electrons. The number of nitro benzene ring substituents is 1. The molecule has 1 amide bonds. The van der Waals surface area contributed by atoms with Crippen LogP contribution in [-0.2, 0) is 47.6 Å².